The molecular formula is C10H13N3OS. The number of hydrogen-bond donors (Lipinski definition) is 3. The maximum atomic E-state index is 9.85. The van der Waals surface area contributed by atoms with Crippen LogP contribution in [0, 0.1) is 0 Å². The molecule has 4 N–H and O–H groups in total. The summed E-state index contributed by atoms with van der Waals surface area (Å²) in [7, 11) is 0. The van der Waals surface area contributed by atoms with Crippen LogP contribution in [0.2, 0.25) is 0 Å². The number of hydrogen-bond acceptors (Lipinski definition) is 3. The van der Waals surface area contributed by atoms with Gasteiger partial charge in [0.2, 0.25) is 0 Å². The van der Waals surface area contributed by atoms with Crippen LogP contribution in [0.5, 0.6) is 0 Å². The number of benzene rings is 1. The zero-order valence-electron chi connectivity index (χ0n) is 8.34. The van der Waals surface area contributed by atoms with Crippen LogP contribution in [0.25, 0.3) is 0 Å². The number of nitrogens with zero attached hydrogens (tertiary/aromatic N) is 1. The van der Waals surface area contributed by atoms with E-state index in [4.69, 9.17) is 5.73 Å². The number of nitrogens with one attached hydrogen (secondary N) is 1. The van der Waals surface area contributed by atoms with E-state index in [9.17, 15) is 5.11 Å². The standard InChI is InChI=1S/C10H13N3OS/c1-7(12-13-10(11)15)9(14)8-5-3-2-4-6-8/h2-6,9,14H,1H3,(H3,11,13,15)/b12-7+. The second kappa shape index (κ2) is 5.43. The van der Waals surface area contributed by atoms with Gasteiger partial charge in [0.1, 0.15) is 6.10 Å². The molecule has 1 rings (SSSR count). The van der Waals surface area contributed by atoms with Crippen molar-refractivity contribution in [2.45, 2.75) is 13.0 Å². The molecule has 4 nitrogen and oxygen atoms in total. The average Bonchev–Trinajstić information content (AvgIpc) is 2.26. The molecule has 0 aliphatic heterocycles. The third-order valence-electron chi connectivity index (χ3n) is 1.85. The molecule has 5 heteroatoms. The molecule has 0 aromatic heterocycles. The zero-order valence-corrected chi connectivity index (χ0v) is 9.16. The van der Waals surface area contributed by atoms with E-state index in [0.717, 1.165) is 5.56 Å². The molecule has 0 heterocycles. The maximum absolute atomic E-state index is 9.85. The van der Waals surface area contributed by atoms with Gasteiger partial charge in [-0.05, 0) is 24.7 Å². The van der Waals surface area contributed by atoms with Gasteiger partial charge in [0.25, 0.3) is 0 Å². The number of aliphatic hydroxyl groups is 1. The molecule has 0 spiro atoms. The topological polar surface area (TPSA) is 70.6 Å². The maximum Gasteiger partial charge on any atom is 0.184 e. The van der Waals surface area contributed by atoms with E-state index in [2.05, 4.69) is 22.7 Å². The summed E-state index contributed by atoms with van der Waals surface area (Å²) in [5.41, 5.74) is 8.93. The van der Waals surface area contributed by atoms with Gasteiger partial charge in [-0.25, -0.2) is 0 Å². The first-order valence-corrected chi connectivity index (χ1v) is 4.84. The molecule has 0 saturated carbocycles. The van der Waals surface area contributed by atoms with Crippen LogP contribution in [0.1, 0.15) is 18.6 Å². The summed E-state index contributed by atoms with van der Waals surface area (Å²) in [4.78, 5) is 0. The summed E-state index contributed by atoms with van der Waals surface area (Å²) in [6.07, 6.45) is -0.743. The first-order chi connectivity index (χ1) is 7.11. The lowest BCUT2D eigenvalue weighted by Crippen LogP contribution is -2.26. The quantitative estimate of drug-likeness (QED) is 0.405. The fraction of sp³-hybridized carbons (Fsp3) is 0.200. The Morgan fingerprint density at radius 2 is 2.07 bits per heavy atom. The highest BCUT2D eigenvalue weighted by Crippen LogP contribution is 2.13. The Morgan fingerprint density at radius 3 is 2.60 bits per heavy atom. The minimum absolute atomic E-state index is 0.0783. The lowest BCUT2D eigenvalue weighted by atomic mass is 10.1. The van der Waals surface area contributed by atoms with Gasteiger partial charge in [-0.1, -0.05) is 30.3 Å². The van der Waals surface area contributed by atoms with Crippen molar-refractivity contribution < 1.29 is 5.11 Å². The van der Waals surface area contributed by atoms with Gasteiger partial charge >= 0.3 is 0 Å². The molecule has 0 saturated heterocycles. The third-order valence-corrected chi connectivity index (χ3v) is 1.94. The third kappa shape index (κ3) is 3.65. The summed E-state index contributed by atoms with van der Waals surface area (Å²) in [6, 6.07) is 9.24. The number of hydrazone groups is 1. The number of nitrogens with two attached hydrogens (primary N) is 1. The van der Waals surface area contributed by atoms with Crippen LogP contribution in [-0.4, -0.2) is 15.9 Å². The lowest BCUT2D eigenvalue weighted by Gasteiger charge is -2.10. The molecular weight excluding hydrogens is 210 g/mol. The van der Waals surface area contributed by atoms with Crippen molar-refractivity contribution in [1.29, 1.82) is 0 Å². The lowest BCUT2D eigenvalue weighted by molar-refractivity contribution is 0.246. The van der Waals surface area contributed by atoms with Gasteiger partial charge in [-0.2, -0.15) is 5.10 Å². The van der Waals surface area contributed by atoms with Gasteiger partial charge in [0, 0.05) is 0 Å². The summed E-state index contributed by atoms with van der Waals surface area (Å²) in [6.45, 7) is 1.70. The first-order valence-electron chi connectivity index (χ1n) is 4.44. The molecule has 1 aromatic carbocycles. The molecule has 0 radical (unpaired) electrons. The van der Waals surface area contributed by atoms with Crippen LogP contribution >= 0.6 is 12.2 Å². The monoisotopic (exact) mass is 223 g/mol. The van der Waals surface area contributed by atoms with Crippen molar-refractivity contribution in [3.05, 3.63) is 35.9 Å². The zero-order chi connectivity index (χ0) is 11.3. The van der Waals surface area contributed by atoms with Gasteiger partial charge in [0.05, 0.1) is 5.71 Å². The minimum atomic E-state index is -0.743. The highest BCUT2D eigenvalue weighted by molar-refractivity contribution is 7.80. The smallest absolute Gasteiger partial charge is 0.184 e. The van der Waals surface area contributed by atoms with Crippen LogP contribution in [-0.2, 0) is 0 Å². The summed E-state index contributed by atoms with van der Waals surface area (Å²) < 4.78 is 0. The predicted molar refractivity (Wildman–Crippen MR) is 64.4 cm³/mol. The van der Waals surface area contributed by atoms with Gasteiger partial charge < -0.3 is 10.8 Å². The largest absolute Gasteiger partial charge is 0.382 e. The second-order valence-corrected chi connectivity index (χ2v) is 3.48. The van der Waals surface area contributed by atoms with Crippen LogP contribution in [0.4, 0.5) is 0 Å². The highest BCUT2D eigenvalue weighted by atomic mass is 32.1. The molecule has 80 valence electrons. The van der Waals surface area contributed by atoms with E-state index in [1.165, 1.54) is 0 Å². The Morgan fingerprint density at radius 1 is 1.47 bits per heavy atom. The van der Waals surface area contributed by atoms with Gasteiger partial charge in [-0.3, -0.25) is 5.43 Å². The van der Waals surface area contributed by atoms with Crippen molar-refractivity contribution in [3.63, 3.8) is 0 Å². The van der Waals surface area contributed by atoms with E-state index in [1.807, 2.05) is 30.3 Å². The normalized spacial score (nSPS) is 13.3. The fourth-order valence-electron chi connectivity index (χ4n) is 1.08. The molecule has 1 unspecified atom stereocenters. The van der Waals surface area contributed by atoms with E-state index in [0.29, 0.717) is 5.71 Å². The van der Waals surface area contributed by atoms with Crippen LogP contribution < -0.4 is 11.2 Å². The Hall–Kier alpha value is -1.46. The Bertz CT molecular complexity index is 364. The molecule has 0 aliphatic rings. The highest BCUT2D eigenvalue weighted by Gasteiger charge is 2.09. The SMILES string of the molecule is C/C(=N\NC(N)=S)C(O)c1ccccc1. The van der Waals surface area contributed by atoms with Crippen molar-refractivity contribution in [1.82, 2.24) is 5.43 Å². The van der Waals surface area contributed by atoms with E-state index in [-0.39, 0.29) is 5.11 Å². The summed E-state index contributed by atoms with van der Waals surface area (Å²) in [5, 5.41) is 13.8. The predicted octanol–water partition coefficient (Wildman–Crippen LogP) is 0.929. The minimum Gasteiger partial charge on any atom is -0.382 e. The van der Waals surface area contributed by atoms with Gasteiger partial charge in [0.15, 0.2) is 5.11 Å². The first kappa shape index (κ1) is 11.6. The van der Waals surface area contributed by atoms with Crippen molar-refractivity contribution in [3.8, 4) is 0 Å². The molecule has 15 heavy (non-hydrogen) atoms. The molecule has 1 aromatic rings. The van der Waals surface area contributed by atoms with Crippen molar-refractivity contribution >= 4 is 23.0 Å². The van der Waals surface area contributed by atoms with Crippen LogP contribution in [0.15, 0.2) is 35.4 Å². The summed E-state index contributed by atoms with van der Waals surface area (Å²) >= 11 is 4.60. The van der Waals surface area contributed by atoms with Gasteiger partial charge in [-0.15, -0.1) is 0 Å². The Kier molecular flexibility index (Phi) is 4.20. The van der Waals surface area contributed by atoms with Crippen molar-refractivity contribution in [2.75, 3.05) is 0 Å². The van der Waals surface area contributed by atoms with E-state index >= 15 is 0 Å². The molecule has 1 atom stereocenters. The fourth-order valence-corrected chi connectivity index (χ4v) is 1.13. The van der Waals surface area contributed by atoms with Crippen LogP contribution in [0.3, 0.4) is 0 Å². The van der Waals surface area contributed by atoms with Crippen molar-refractivity contribution in [2.24, 2.45) is 10.8 Å². The molecule has 0 aliphatic carbocycles. The molecule has 0 amide bonds. The molecule has 0 bridgehead atoms. The summed E-state index contributed by atoms with van der Waals surface area (Å²) in [5.74, 6) is 0. The number of thiocarbonyl (C=S) groups is 1. The second-order valence-electron chi connectivity index (χ2n) is 3.04. The Labute approximate surface area is 93.8 Å². The average molecular weight is 223 g/mol. The van der Waals surface area contributed by atoms with E-state index < -0.39 is 6.10 Å². The molecule has 0 fully saturated rings. The number of rotatable bonds is 3. The number of aliphatic hydroxyl groups excluding tert-OH is 1. The van der Waals surface area contributed by atoms with E-state index in [1.54, 1.807) is 6.92 Å². The Balaban J connectivity index is 2.72.